The molecule has 1 heteroatoms. The first-order chi connectivity index (χ1) is 7.83. The van der Waals surface area contributed by atoms with Crippen molar-refractivity contribution in [2.75, 3.05) is 0 Å². The van der Waals surface area contributed by atoms with E-state index in [1.54, 1.807) is 0 Å². The van der Waals surface area contributed by atoms with Gasteiger partial charge in [0.15, 0.2) is 0 Å². The van der Waals surface area contributed by atoms with Gasteiger partial charge in [0.25, 0.3) is 0 Å². The Morgan fingerprint density at radius 3 is 2.41 bits per heavy atom. The molecule has 0 N–H and O–H groups in total. The van der Waals surface area contributed by atoms with E-state index in [1.807, 2.05) is 0 Å². The molecule has 2 aliphatic carbocycles. The molecule has 0 saturated carbocycles. The normalized spacial score (nSPS) is 24.8. The van der Waals surface area contributed by atoms with E-state index in [0.29, 0.717) is 0 Å². The van der Waals surface area contributed by atoms with Gasteiger partial charge in [0, 0.05) is 26.2 Å². The Labute approximate surface area is 122 Å². The number of rotatable bonds is 1. The summed E-state index contributed by atoms with van der Waals surface area (Å²) < 4.78 is 0. The second-order valence-corrected chi connectivity index (χ2v) is 4.38. The van der Waals surface area contributed by atoms with Crippen LogP contribution >= 0.6 is 0 Å². The van der Waals surface area contributed by atoms with Crippen LogP contribution in [0.5, 0.6) is 0 Å². The summed E-state index contributed by atoms with van der Waals surface area (Å²) in [5.74, 6) is 0. The zero-order valence-corrected chi connectivity index (χ0v) is 12.3. The zero-order valence-electron chi connectivity index (χ0n) is 9.85. The number of hydrogen-bond acceptors (Lipinski definition) is 0. The number of benzene rings is 1. The van der Waals surface area contributed by atoms with Gasteiger partial charge in [0.2, 0.25) is 0 Å². The Bertz CT molecular complexity index is 532. The van der Waals surface area contributed by atoms with Crippen molar-refractivity contribution in [3.05, 3.63) is 83.5 Å². The molecule has 0 heterocycles. The van der Waals surface area contributed by atoms with Crippen LogP contribution in [0.3, 0.4) is 0 Å². The molecule has 1 aromatic carbocycles. The smallest absolute Gasteiger partial charge is 0.0571 e. The van der Waals surface area contributed by atoms with Crippen LogP contribution in [-0.2, 0) is 31.6 Å². The third kappa shape index (κ3) is 1.87. The largest absolute Gasteiger partial charge is 0.0658 e. The van der Waals surface area contributed by atoms with Gasteiger partial charge in [0.05, 0.1) is 5.41 Å². The summed E-state index contributed by atoms with van der Waals surface area (Å²) in [5.41, 5.74) is 4.10. The van der Waals surface area contributed by atoms with Crippen LogP contribution in [0.25, 0.3) is 0 Å². The molecule has 3 rings (SSSR count). The first-order valence-corrected chi connectivity index (χ1v) is 5.65. The van der Waals surface area contributed by atoms with E-state index in [2.05, 4.69) is 73.7 Å². The van der Waals surface area contributed by atoms with Crippen LogP contribution in [0.2, 0.25) is 0 Å². The van der Waals surface area contributed by atoms with E-state index in [1.165, 1.54) is 16.7 Å². The quantitative estimate of drug-likeness (QED) is 0.736. The molecule has 0 saturated heterocycles. The number of hydrogen-bond donors (Lipinski definition) is 0. The van der Waals surface area contributed by atoms with Gasteiger partial charge in [-0.1, -0.05) is 66.8 Å². The van der Waals surface area contributed by atoms with E-state index in [4.69, 9.17) is 0 Å². The van der Waals surface area contributed by atoms with Gasteiger partial charge < -0.3 is 0 Å². The fourth-order valence-corrected chi connectivity index (χ4v) is 2.60. The van der Waals surface area contributed by atoms with Crippen molar-refractivity contribution in [1.29, 1.82) is 0 Å². The van der Waals surface area contributed by atoms with Crippen molar-refractivity contribution in [2.24, 2.45) is 0 Å². The molecule has 1 unspecified atom stereocenters. The van der Waals surface area contributed by atoms with E-state index < -0.39 is 0 Å². The van der Waals surface area contributed by atoms with Crippen molar-refractivity contribution in [3.63, 3.8) is 0 Å². The Morgan fingerprint density at radius 2 is 1.65 bits per heavy atom. The minimum Gasteiger partial charge on any atom is -0.0658 e. The molecule has 17 heavy (non-hydrogen) atoms. The van der Waals surface area contributed by atoms with Crippen LogP contribution in [-0.4, -0.2) is 0 Å². The Morgan fingerprint density at radius 1 is 0.882 bits per heavy atom. The third-order valence-corrected chi connectivity index (χ3v) is 3.45. The maximum Gasteiger partial charge on any atom is 0.0571 e. The topological polar surface area (TPSA) is 0 Å². The summed E-state index contributed by atoms with van der Waals surface area (Å²) in [7, 11) is 0. The van der Waals surface area contributed by atoms with Gasteiger partial charge in [0.1, 0.15) is 0 Å². The van der Waals surface area contributed by atoms with Gasteiger partial charge in [-0.2, -0.15) is 0 Å². The minimum absolute atomic E-state index is 0. The fourth-order valence-electron chi connectivity index (χ4n) is 2.60. The summed E-state index contributed by atoms with van der Waals surface area (Å²) in [6, 6.07) is 10.7. The third-order valence-electron chi connectivity index (χ3n) is 3.45. The molecule has 0 aromatic heterocycles. The molecule has 0 aliphatic heterocycles. The van der Waals surface area contributed by atoms with Crippen molar-refractivity contribution in [2.45, 2.75) is 12.3 Å². The van der Waals surface area contributed by atoms with Gasteiger partial charge in [-0.3, -0.25) is 0 Å². The van der Waals surface area contributed by atoms with Crippen LogP contribution in [0.1, 0.15) is 12.5 Å². The molecule has 0 radical (unpaired) electrons. The molecule has 82 valence electrons. The molecule has 0 amide bonds. The molecule has 0 nitrogen and oxygen atoms in total. The molecule has 1 atom stereocenters. The molecule has 0 fully saturated rings. The fraction of sp³-hybridized carbons (Fsp3) is 0.125. The number of allylic oxidation sites excluding steroid dienone is 8. The maximum atomic E-state index is 2.30. The summed E-state index contributed by atoms with van der Waals surface area (Å²) in [5, 5.41) is 0. The molecule has 1 aromatic rings. The van der Waals surface area contributed by atoms with Crippen molar-refractivity contribution in [1.82, 2.24) is 0 Å². The standard InChI is InChI=1S/C16H14.Zr/c1-13-10-12-16(11-6-5-9-15(13)16)14-7-3-2-4-8-14;/h2-12H,1H3;. The monoisotopic (exact) mass is 296 g/mol. The Hall–Kier alpha value is -0.937. The molecule has 0 bridgehead atoms. The van der Waals surface area contributed by atoms with Gasteiger partial charge in [-0.15, -0.1) is 0 Å². The van der Waals surface area contributed by atoms with Gasteiger partial charge in [-0.25, -0.2) is 0 Å². The predicted molar refractivity (Wildman–Crippen MR) is 68.2 cm³/mol. The van der Waals surface area contributed by atoms with Crippen molar-refractivity contribution in [3.8, 4) is 0 Å². The molecule has 0 spiro atoms. The summed E-state index contributed by atoms with van der Waals surface area (Å²) >= 11 is 0. The average molecular weight is 298 g/mol. The number of fused-ring (bicyclic) bond motifs is 1. The van der Waals surface area contributed by atoms with Crippen LogP contribution in [0.15, 0.2) is 77.9 Å². The second kappa shape index (κ2) is 4.74. The first-order valence-electron chi connectivity index (χ1n) is 5.65. The molecular formula is C16H14Zr. The zero-order chi connectivity index (χ0) is 11.0. The summed E-state index contributed by atoms with van der Waals surface area (Å²) in [6.07, 6.45) is 13.3. The van der Waals surface area contributed by atoms with E-state index >= 15 is 0 Å². The molecule has 2 aliphatic rings. The minimum atomic E-state index is -0.0138. The van der Waals surface area contributed by atoms with Crippen LogP contribution in [0.4, 0.5) is 0 Å². The van der Waals surface area contributed by atoms with Crippen molar-refractivity contribution >= 4 is 0 Å². The Kier molecular flexibility index (Phi) is 3.49. The van der Waals surface area contributed by atoms with Crippen LogP contribution in [0, 0.1) is 0 Å². The van der Waals surface area contributed by atoms with Gasteiger partial charge in [-0.05, 0) is 23.6 Å². The van der Waals surface area contributed by atoms with Crippen molar-refractivity contribution < 1.29 is 26.2 Å². The van der Waals surface area contributed by atoms with Gasteiger partial charge >= 0.3 is 0 Å². The van der Waals surface area contributed by atoms with E-state index in [0.717, 1.165) is 0 Å². The molecular weight excluding hydrogens is 283 g/mol. The Balaban J connectivity index is 0.00000108. The van der Waals surface area contributed by atoms with E-state index in [9.17, 15) is 0 Å². The predicted octanol–water partition coefficient (Wildman–Crippen LogP) is 3.93. The average Bonchev–Trinajstić information content (AvgIpc) is 2.70. The summed E-state index contributed by atoms with van der Waals surface area (Å²) in [6.45, 7) is 2.18. The maximum absolute atomic E-state index is 2.30. The first kappa shape index (κ1) is 12.5. The van der Waals surface area contributed by atoms with Crippen LogP contribution < -0.4 is 0 Å². The second-order valence-electron chi connectivity index (χ2n) is 4.38. The summed E-state index contributed by atoms with van der Waals surface area (Å²) in [4.78, 5) is 0. The SMILES string of the molecule is CC1=C2C=CC=CC2(c2ccccc2)C=C1.[Zr]. The van der Waals surface area contributed by atoms with E-state index in [-0.39, 0.29) is 31.6 Å².